The van der Waals surface area contributed by atoms with E-state index in [1.165, 1.54) is 0 Å². The lowest BCUT2D eigenvalue weighted by Crippen LogP contribution is -2.09. The Morgan fingerprint density at radius 2 is 1.71 bits per heavy atom. The summed E-state index contributed by atoms with van der Waals surface area (Å²) in [5.41, 5.74) is 3.33. The Kier molecular flexibility index (Phi) is 8.44. The van der Waals surface area contributed by atoms with Crippen molar-refractivity contribution in [1.82, 2.24) is 0 Å². The summed E-state index contributed by atoms with van der Waals surface area (Å²) in [5.74, 6) is 0.957. The minimum Gasteiger partial charge on any atom is -0.494 e. The number of rotatable bonds is 10. The van der Waals surface area contributed by atoms with E-state index in [1.807, 2.05) is 43.3 Å². The van der Waals surface area contributed by atoms with E-state index in [-0.39, 0.29) is 0 Å². The molecule has 160 valence electrons. The molecule has 1 N–H and O–H groups in total. The first kappa shape index (κ1) is 22.8. The summed E-state index contributed by atoms with van der Waals surface area (Å²) in [7, 11) is 0. The molecule has 3 rings (SSSR count). The van der Waals surface area contributed by atoms with Gasteiger partial charge in [-0.05, 0) is 54.0 Å². The zero-order valence-electron chi connectivity index (χ0n) is 17.1. The Bertz CT molecular complexity index is 1050. The third-order valence-corrected chi connectivity index (χ3v) is 5.76. The maximum Gasteiger partial charge on any atom is 0.341 e. The molecule has 0 amide bonds. The first-order valence-corrected chi connectivity index (χ1v) is 11.2. The third kappa shape index (κ3) is 6.81. The summed E-state index contributed by atoms with van der Waals surface area (Å²) in [6.45, 7) is 2.19. The molecule has 0 heterocycles. The summed E-state index contributed by atoms with van der Waals surface area (Å²) in [6.07, 6.45) is 2.18. The Labute approximate surface area is 191 Å². The molecule has 0 aliphatic rings. The monoisotopic (exact) mass is 454 g/mol. The van der Waals surface area contributed by atoms with Crippen LogP contribution < -0.4 is 9.47 Å². The number of hydrogen-bond donors (Lipinski definition) is 1. The Balaban J connectivity index is 1.79. The van der Waals surface area contributed by atoms with Crippen LogP contribution in [0, 0.1) is 0 Å². The summed E-state index contributed by atoms with van der Waals surface area (Å²) in [4.78, 5) is 11.5. The van der Waals surface area contributed by atoms with Gasteiger partial charge in [0, 0.05) is 10.6 Å². The number of carboxylic acids is 1. The second-order valence-corrected chi connectivity index (χ2v) is 8.00. The van der Waals surface area contributed by atoms with Crippen LogP contribution in [0.4, 0.5) is 0 Å². The van der Waals surface area contributed by atoms with Crippen molar-refractivity contribution in [2.75, 3.05) is 19.0 Å². The van der Waals surface area contributed by atoms with Crippen molar-refractivity contribution in [2.24, 2.45) is 0 Å². The lowest BCUT2D eigenvalue weighted by molar-refractivity contribution is -0.139. The Morgan fingerprint density at radius 3 is 2.42 bits per heavy atom. The topological polar surface area (TPSA) is 55.8 Å². The van der Waals surface area contributed by atoms with Crippen molar-refractivity contribution in [1.29, 1.82) is 0 Å². The van der Waals surface area contributed by atoms with Gasteiger partial charge in [0.05, 0.1) is 11.6 Å². The molecule has 6 heteroatoms. The number of carbonyl (C=O) groups is 1. The van der Waals surface area contributed by atoms with E-state index in [2.05, 4.69) is 30.3 Å². The Morgan fingerprint density at radius 1 is 0.968 bits per heavy atom. The van der Waals surface area contributed by atoms with Crippen LogP contribution in [0.5, 0.6) is 11.5 Å². The van der Waals surface area contributed by atoms with E-state index in [1.54, 1.807) is 23.9 Å². The molecule has 0 saturated carbocycles. The SMILES string of the molecule is CCOc1cccc(/C(=C\CSc2ccc(OCC(=O)O)cc2Cl)c2ccccc2)c1. The van der Waals surface area contributed by atoms with Gasteiger partial charge in [0.15, 0.2) is 6.61 Å². The molecule has 4 nitrogen and oxygen atoms in total. The quantitative estimate of drug-likeness (QED) is 0.358. The minimum absolute atomic E-state index is 0.396. The first-order chi connectivity index (χ1) is 15.1. The number of benzene rings is 3. The second kappa shape index (κ2) is 11.5. The average molecular weight is 455 g/mol. The van der Waals surface area contributed by atoms with E-state index < -0.39 is 12.6 Å². The summed E-state index contributed by atoms with van der Waals surface area (Å²) >= 11 is 7.96. The maximum atomic E-state index is 10.6. The zero-order valence-corrected chi connectivity index (χ0v) is 18.7. The van der Waals surface area contributed by atoms with Gasteiger partial charge in [-0.1, -0.05) is 60.1 Å². The van der Waals surface area contributed by atoms with E-state index >= 15 is 0 Å². The van der Waals surface area contributed by atoms with E-state index in [0.29, 0.717) is 23.1 Å². The highest BCUT2D eigenvalue weighted by Crippen LogP contribution is 2.32. The molecular weight excluding hydrogens is 432 g/mol. The fourth-order valence-electron chi connectivity index (χ4n) is 2.99. The van der Waals surface area contributed by atoms with Crippen LogP contribution in [0.15, 0.2) is 83.8 Å². The predicted molar refractivity (Wildman–Crippen MR) is 126 cm³/mol. The van der Waals surface area contributed by atoms with Crippen molar-refractivity contribution in [2.45, 2.75) is 11.8 Å². The molecule has 0 unspecified atom stereocenters. The smallest absolute Gasteiger partial charge is 0.341 e. The van der Waals surface area contributed by atoms with Gasteiger partial charge in [-0.2, -0.15) is 0 Å². The van der Waals surface area contributed by atoms with Crippen LogP contribution in [-0.2, 0) is 4.79 Å². The number of carboxylic acid groups (broad SMARTS) is 1. The first-order valence-electron chi connectivity index (χ1n) is 9.82. The number of hydrogen-bond acceptors (Lipinski definition) is 4. The van der Waals surface area contributed by atoms with E-state index in [9.17, 15) is 4.79 Å². The molecule has 3 aromatic carbocycles. The number of ether oxygens (including phenoxy) is 2. The molecule has 0 aliphatic carbocycles. The molecule has 0 fully saturated rings. The Hall–Kier alpha value is -2.89. The summed E-state index contributed by atoms with van der Waals surface area (Å²) < 4.78 is 10.8. The minimum atomic E-state index is -1.03. The molecular formula is C25H23ClO4S. The van der Waals surface area contributed by atoms with Gasteiger partial charge in [-0.3, -0.25) is 0 Å². The molecule has 0 radical (unpaired) electrons. The van der Waals surface area contributed by atoms with Crippen molar-refractivity contribution >= 4 is 34.9 Å². The second-order valence-electron chi connectivity index (χ2n) is 6.53. The highest BCUT2D eigenvalue weighted by molar-refractivity contribution is 7.99. The van der Waals surface area contributed by atoms with Crippen LogP contribution in [0.1, 0.15) is 18.1 Å². The van der Waals surface area contributed by atoms with Gasteiger partial charge >= 0.3 is 5.97 Å². The standard InChI is InChI=1S/C25H23ClO4S/c1-2-29-20-10-6-9-19(15-20)22(18-7-4-3-5-8-18)13-14-31-24-12-11-21(16-23(24)26)30-17-25(27)28/h3-13,15-16H,2,14,17H2,1H3,(H,27,28)/b22-13-. The fraction of sp³-hybridized carbons (Fsp3) is 0.160. The number of thioether (sulfide) groups is 1. The number of aliphatic carboxylic acids is 1. The normalized spacial score (nSPS) is 11.2. The molecule has 0 aliphatic heterocycles. The molecule has 0 aromatic heterocycles. The largest absolute Gasteiger partial charge is 0.494 e. The van der Waals surface area contributed by atoms with Crippen molar-refractivity contribution < 1.29 is 19.4 Å². The van der Waals surface area contributed by atoms with Crippen LogP contribution >= 0.6 is 23.4 Å². The van der Waals surface area contributed by atoms with E-state index in [0.717, 1.165) is 27.3 Å². The van der Waals surface area contributed by atoms with E-state index in [4.69, 9.17) is 26.2 Å². The lowest BCUT2D eigenvalue weighted by Gasteiger charge is -2.11. The van der Waals surface area contributed by atoms with Gasteiger partial charge in [0.2, 0.25) is 0 Å². The molecule has 0 bridgehead atoms. The van der Waals surface area contributed by atoms with Gasteiger partial charge < -0.3 is 14.6 Å². The lowest BCUT2D eigenvalue weighted by atomic mass is 9.98. The highest BCUT2D eigenvalue weighted by atomic mass is 35.5. The molecule has 0 atom stereocenters. The zero-order chi connectivity index (χ0) is 22.1. The predicted octanol–water partition coefficient (Wildman–Crippen LogP) is 6.43. The summed E-state index contributed by atoms with van der Waals surface area (Å²) in [5, 5.41) is 9.25. The molecule has 3 aromatic rings. The third-order valence-electron chi connectivity index (χ3n) is 4.33. The van der Waals surface area contributed by atoms with Gasteiger partial charge in [0.1, 0.15) is 11.5 Å². The number of halogens is 1. The van der Waals surface area contributed by atoms with Crippen LogP contribution in [0.2, 0.25) is 5.02 Å². The highest BCUT2D eigenvalue weighted by Gasteiger charge is 2.08. The fourth-order valence-corrected chi connectivity index (χ4v) is 4.11. The van der Waals surface area contributed by atoms with Crippen molar-refractivity contribution in [3.8, 4) is 11.5 Å². The van der Waals surface area contributed by atoms with Crippen LogP contribution in [0.25, 0.3) is 5.57 Å². The van der Waals surface area contributed by atoms with Gasteiger partial charge in [-0.25, -0.2) is 4.79 Å². The van der Waals surface area contributed by atoms with Crippen LogP contribution in [0.3, 0.4) is 0 Å². The molecule has 0 saturated heterocycles. The summed E-state index contributed by atoms with van der Waals surface area (Å²) in [6, 6.07) is 23.5. The molecule has 0 spiro atoms. The van der Waals surface area contributed by atoms with Crippen LogP contribution in [-0.4, -0.2) is 30.0 Å². The van der Waals surface area contributed by atoms with Crippen molar-refractivity contribution in [3.05, 3.63) is 95.0 Å². The van der Waals surface area contributed by atoms with Crippen molar-refractivity contribution in [3.63, 3.8) is 0 Å². The average Bonchev–Trinajstić information content (AvgIpc) is 2.77. The molecule has 31 heavy (non-hydrogen) atoms. The maximum absolute atomic E-state index is 10.6. The van der Waals surface area contributed by atoms with Gasteiger partial charge in [-0.15, -0.1) is 11.8 Å². The van der Waals surface area contributed by atoms with Gasteiger partial charge in [0.25, 0.3) is 0 Å².